The highest BCUT2D eigenvalue weighted by Crippen LogP contribution is 2.22. The van der Waals surface area contributed by atoms with Crippen molar-refractivity contribution in [1.29, 1.82) is 5.26 Å². The van der Waals surface area contributed by atoms with E-state index >= 15 is 0 Å². The second-order valence-electron chi connectivity index (χ2n) is 3.29. The number of anilines is 1. The van der Waals surface area contributed by atoms with Crippen molar-refractivity contribution < 1.29 is 13.2 Å². The maximum absolute atomic E-state index is 12.0. The fraction of sp³-hybridized carbons (Fsp3) is 0.400. The number of nitriles is 1. The molecule has 1 rings (SSSR count). The van der Waals surface area contributed by atoms with E-state index in [0.717, 1.165) is 0 Å². The molecule has 0 aliphatic rings. The molecule has 0 aliphatic carbocycles. The van der Waals surface area contributed by atoms with Crippen LogP contribution in [0.3, 0.4) is 0 Å². The largest absolute Gasteiger partial charge is 0.390 e. The van der Waals surface area contributed by atoms with E-state index in [-0.39, 0.29) is 6.54 Å². The topological polar surface area (TPSA) is 39.9 Å². The smallest absolute Gasteiger partial charge is 0.372 e. The molecule has 0 radical (unpaired) electrons. The standard InChI is InChI=1S/C10H10F3N3/c1-16(5-3-10(11,12)13)9-7-15-4-2-8(9)6-14/h2,4,7H,3,5H2,1H3. The molecule has 0 atom stereocenters. The van der Waals surface area contributed by atoms with E-state index in [1.807, 2.05) is 6.07 Å². The molecular formula is C10H10F3N3. The molecule has 0 aromatic carbocycles. The summed E-state index contributed by atoms with van der Waals surface area (Å²) >= 11 is 0. The molecule has 16 heavy (non-hydrogen) atoms. The molecular weight excluding hydrogens is 219 g/mol. The molecule has 0 saturated heterocycles. The highest BCUT2D eigenvalue weighted by molar-refractivity contribution is 5.56. The number of aromatic nitrogens is 1. The lowest BCUT2D eigenvalue weighted by molar-refractivity contribution is -0.132. The van der Waals surface area contributed by atoms with Gasteiger partial charge in [0.15, 0.2) is 0 Å². The summed E-state index contributed by atoms with van der Waals surface area (Å²) in [6.07, 6.45) is -2.29. The molecule has 86 valence electrons. The second kappa shape index (κ2) is 4.84. The van der Waals surface area contributed by atoms with E-state index in [0.29, 0.717) is 11.3 Å². The summed E-state index contributed by atoms with van der Waals surface area (Å²) in [7, 11) is 1.50. The molecule has 0 aliphatic heterocycles. The van der Waals surface area contributed by atoms with Crippen LogP contribution in [0.4, 0.5) is 18.9 Å². The van der Waals surface area contributed by atoms with E-state index in [9.17, 15) is 13.2 Å². The van der Waals surface area contributed by atoms with Crippen molar-refractivity contribution >= 4 is 5.69 Å². The summed E-state index contributed by atoms with van der Waals surface area (Å²) in [5.74, 6) is 0. The fourth-order valence-electron chi connectivity index (χ4n) is 1.20. The number of nitrogens with zero attached hydrogens (tertiary/aromatic N) is 3. The second-order valence-corrected chi connectivity index (χ2v) is 3.29. The molecule has 0 saturated carbocycles. The zero-order chi connectivity index (χ0) is 12.2. The van der Waals surface area contributed by atoms with Crippen LogP contribution in [0.5, 0.6) is 0 Å². The Morgan fingerprint density at radius 2 is 2.19 bits per heavy atom. The zero-order valence-electron chi connectivity index (χ0n) is 8.62. The number of hydrogen-bond acceptors (Lipinski definition) is 3. The van der Waals surface area contributed by atoms with Gasteiger partial charge in [0.2, 0.25) is 0 Å². The number of halogens is 3. The summed E-state index contributed by atoms with van der Waals surface area (Å²) < 4.78 is 36.0. The average molecular weight is 229 g/mol. The summed E-state index contributed by atoms with van der Waals surface area (Å²) in [5, 5.41) is 8.77. The van der Waals surface area contributed by atoms with Gasteiger partial charge in [0.25, 0.3) is 0 Å². The van der Waals surface area contributed by atoms with E-state index < -0.39 is 12.6 Å². The summed E-state index contributed by atoms with van der Waals surface area (Å²) in [6, 6.07) is 3.38. The first-order chi connectivity index (χ1) is 7.44. The molecule has 0 unspecified atom stereocenters. The van der Waals surface area contributed by atoms with Crippen molar-refractivity contribution in [2.24, 2.45) is 0 Å². The van der Waals surface area contributed by atoms with Gasteiger partial charge in [-0.15, -0.1) is 0 Å². The highest BCUT2D eigenvalue weighted by Gasteiger charge is 2.27. The Hall–Kier alpha value is -1.77. The third-order valence-corrected chi connectivity index (χ3v) is 2.06. The Morgan fingerprint density at radius 3 is 2.75 bits per heavy atom. The molecule has 1 aromatic heterocycles. The van der Waals surface area contributed by atoms with Crippen molar-refractivity contribution in [3.05, 3.63) is 24.0 Å². The van der Waals surface area contributed by atoms with Crippen molar-refractivity contribution in [2.45, 2.75) is 12.6 Å². The van der Waals surface area contributed by atoms with Gasteiger partial charge >= 0.3 is 6.18 Å². The van der Waals surface area contributed by atoms with Crippen LogP contribution in [0, 0.1) is 11.3 Å². The van der Waals surface area contributed by atoms with Gasteiger partial charge in [-0.1, -0.05) is 0 Å². The van der Waals surface area contributed by atoms with Crippen LogP contribution in [0.25, 0.3) is 0 Å². The third kappa shape index (κ3) is 3.42. The molecule has 1 heterocycles. The zero-order valence-corrected chi connectivity index (χ0v) is 8.62. The monoisotopic (exact) mass is 229 g/mol. The molecule has 0 amide bonds. The van der Waals surface area contributed by atoms with E-state index in [4.69, 9.17) is 5.26 Å². The van der Waals surface area contributed by atoms with Gasteiger partial charge in [-0.25, -0.2) is 0 Å². The van der Waals surface area contributed by atoms with Crippen LogP contribution in [-0.4, -0.2) is 24.8 Å². The first-order valence-corrected chi connectivity index (χ1v) is 4.56. The number of alkyl halides is 3. The minimum absolute atomic E-state index is 0.191. The van der Waals surface area contributed by atoms with Crippen LogP contribution in [0.15, 0.2) is 18.5 Å². The Bertz CT molecular complexity index is 395. The van der Waals surface area contributed by atoms with Crippen LogP contribution in [-0.2, 0) is 0 Å². The molecule has 0 spiro atoms. The van der Waals surface area contributed by atoms with Gasteiger partial charge in [-0.2, -0.15) is 18.4 Å². The van der Waals surface area contributed by atoms with Crippen LogP contribution < -0.4 is 4.90 Å². The number of pyridine rings is 1. The summed E-state index contributed by atoms with van der Waals surface area (Å²) in [6.45, 7) is -0.191. The van der Waals surface area contributed by atoms with Crippen LogP contribution in [0.1, 0.15) is 12.0 Å². The molecule has 6 heteroatoms. The van der Waals surface area contributed by atoms with E-state index in [1.54, 1.807) is 0 Å². The minimum Gasteiger partial charge on any atom is -0.372 e. The van der Waals surface area contributed by atoms with E-state index in [1.165, 1.54) is 30.4 Å². The summed E-state index contributed by atoms with van der Waals surface area (Å²) in [4.78, 5) is 5.16. The Kier molecular flexibility index (Phi) is 3.72. The van der Waals surface area contributed by atoms with Gasteiger partial charge < -0.3 is 4.90 Å². The summed E-state index contributed by atoms with van der Waals surface area (Å²) in [5.41, 5.74) is 0.730. The van der Waals surface area contributed by atoms with Gasteiger partial charge in [0.1, 0.15) is 6.07 Å². The lowest BCUT2D eigenvalue weighted by Crippen LogP contribution is -2.24. The van der Waals surface area contributed by atoms with Crippen molar-refractivity contribution in [1.82, 2.24) is 4.98 Å². The van der Waals surface area contributed by atoms with Gasteiger partial charge in [-0.3, -0.25) is 4.98 Å². The van der Waals surface area contributed by atoms with Crippen molar-refractivity contribution in [3.63, 3.8) is 0 Å². The maximum Gasteiger partial charge on any atom is 0.390 e. The number of rotatable bonds is 3. The van der Waals surface area contributed by atoms with Crippen molar-refractivity contribution in [3.8, 4) is 6.07 Å². The van der Waals surface area contributed by atoms with Gasteiger partial charge in [0.05, 0.1) is 23.9 Å². The molecule has 3 nitrogen and oxygen atoms in total. The maximum atomic E-state index is 12.0. The first kappa shape index (κ1) is 12.3. The predicted molar refractivity (Wildman–Crippen MR) is 52.9 cm³/mol. The molecule has 0 N–H and O–H groups in total. The lowest BCUT2D eigenvalue weighted by atomic mass is 10.2. The lowest BCUT2D eigenvalue weighted by Gasteiger charge is -2.20. The Labute approximate surface area is 91.1 Å². The average Bonchev–Trinajstić information content (AvgIpc) is 2.25. The van der Waals surface area contributed by atoms with Crippen molar-refractivity contribution in [2.75, 3.05) is 18.5 Å². The van der Waals surface area contributed by atoms with Crippen LogP contribution in [0.2, 0.25) is 0 Å². The van der Waals surface area contributed by atoms with Gasteiger partial charge in [-0.05, 0) is 6.07 Å². The molecule has 1 aromatic rings. The highest BCUT2D eigenvalue weighted by atomic mass is 19.4. The SMILES string of the molecule is CN(CCC(F)(F)F)c1cnccc1C#N. The normalized spacial score (nSPS) is 10.9. The number of hydrogen-bond donors (Lipinski definition) is 0. The Balaban J connectivity index is 2.74. The third-order valence-electron chi connectivity index (χ3n) is 2.06. The van der Waals surface area contributed by atoms with E-state index in [2.05, 4.69) is 4.98 Å². The van der Waals surface area contributed by atoms with Crippen LogP contribution >= 0.6 is 0 Å². The predicted octanol–water partition coefficient (Wildman–Crippen LogP) is 2.34. The molecule has 0 fully saturated rings. The van der Waals surface area contributed by atoms with Gasteiger partial charge in [0, 0.05) is 19.8 Å². The minimum atomic E-state index is -4.19. The Morgan fingerprint density at radius 1 is 1.50 bits per heavy atom. The fourth-order valence-corrected chi connectivity index (χ4v) is 1.20. The molecule has 0 bridgehead atoms. The first-order valence-electron chi connectivity index (χ1n) is 4.56. The quantitative estimate of drug-likeness (QED) is 0.798.